The Labute approximate surface area is 235 Å². The van der Waals surface area contributed by atoms with Gasteiger partial charge in [-0.3, -0.25) is 9.59 Å². The van der Waals surface area contributed by atoms with Crippen LogP contribution in [0.15, 0.2) is 97.1 Å². The van der Waals surface area contributed by atoms with Crippen molar-refractivity contribution >= 4 is 17.4 Å². The summed E-state index contributed by atoms with van der Waals surface area (Å²) in [5.74, 6) is 0.550. The molecule has 0 radical (unpaired) electrons. The highest BCUT2D eigenvalue weighted by Gasteiger charge is 2.33. The molecule has 4 nitrogen and oxygen atoms in total. The Morgan fingerprint density at radius 2 is 1.55 bits per heavy atom. The van der Waals surface area contributed by atoms with Crippen LogP contribution in [0.1, 0.15) is 53.7 Å². The van der Waals surface area contributed by atoms with E-state index in [0.717, 1.165) is 11.4 Å². The van der Waals surface area contributed by atoms with Crippen LogP contribution in [0, 0.1) is 25.5 Å². The largest absolute Gasteiger partial charge is 0.489 e. The first-order valence-electron chi connectivity index (χ1n) is 13.3. The molecule has 1 atom stereocenters. The lowest BCUT2D eigenvalue weighted by Gasteiger charge is -2.38. The molecule has 0 bridgehead atoms. The van der Waals surface area contributed by atoms with E-state index >= 15 is 0 Å². The normalized spacial score (nSPS) is 13.7. The van der Waals surface area contributed by atoms with Crippen LogP contribution in [-0.4, -0.2) is 17.7 Å². The molecule has 0 spiro atoms. The minimum absolute atomic E-state index is 0.0538. The SMILES string of the molecule is CC1CC(=O)N1c1ccc(F)cc1.CCC(=O)c1ccc(F)c(C)c1.Cc1ccc(OCc2ccccc2)cc1. The lowest BCUT2D eigenvalue weighted by atomic mass is 10.0. The molecule has 6 heteroatoms. The molecule has 1 amide bonds. The number of hydrogen-bond acceptors (Lipinski definition) is 3. The molecule has 4 aromatic rings. The number of hydrogen-bond donors (Lipinski definition) is 0. The fourth-order valence-electron chi connectivity index (χ4n) is 3.97. The zero-order valence-corrected chi connectivity index (χ0v) is 23.4. The number of benzene rings is 4. The van der Waals surface area contributed by atoms with Crippen LogP contribution < -0.4 is 9.64 Å². The van der Waals surface area contributed by atoms with Gasteiger partial charge < -0.3 is 9.64 Å². The molecule has 1 unspecified atom stereocenters. The Hall–Kier alpha value is -4.32. The second-order valence-electron chi connectivity index (χ2n) is 9.62. The van der Waals surface area contributed by atoms with Crippen LogP contribution in [0.5, 0.6) is 5.75 Å². The fourth-order valence-corrected chi connectivity index (χ4v) is 3.97. The zero-order valence-electron chi connectivity index (χ0n) is 23.4. The van der Waals surface area contributed by atoms with Gasteiger partial charge in [0.05, 0.1) is 0 Å². The summed E-state index contributed by atoms with van der Waals surface area (Å²) in [5.41, 5.74) is 4.34. The number of ether oxygens (including phenoxy) is 1. The van der Waals surface area contributed by atoms with Crippen LogP contribution in [0.25, 0.3) is 0 Å². The van der Waals surface area contributed by atoms with E-state index in [0.29, 0.717) is 30.6 Å². The first-order valence-corrected chi connectivity index (χ1v) is 13.3. The number of ketones is 1. The Bertz CT molecular complexity index is 1390. The minimum atomic E-state index is -0.274. The zero-order chi connectivity index (χ0) is 29.1. The van der Waals surface area contributed by atoms with Crippen molar-refractivity contribution in [2.24, 2.45) is 0 Å². The van der Waals surface area contributed by atoms with E-state index in [1.54, 1.807) is 36.9 Å². The maximum atomic E-state index is 12.8. The number of amides is 1. The number of β-lactam (4-membered cyclic amide) rings is 1. The number of aryl methyl sites for hydroxylation is 2. The number of carbonyl (C=O) groups excluding carboxylic acids is 2. The van der Waals surface area contributed by atoms with E-state index in [9.17, 15) is 18.4 Å². The van der Waals surface area contributed by atoms with Crippen molar-refractivity contribution in [2.75, 3.05) is 4.90 Å². The third kappa shape index (κ3) is 8.87. The number of nitrogens with zero attached hydrogens (tertiary/aromatic N) is 1. The van der Waals surface area contributed by atoms with Gasteiger partial charge in [-0.15, -0.1) is 0 Å². The van der Waals surface area contributed by atoms with Crippen molar-refractivity contribution in [1.82, 2.24) is 0 Å². The molecule has 1 saturated heterocycles. The van der Waals surface area contributed by atoms with Gasteiger partial charge in [0, 0.05) is 30.1 Å². The topological polar surface area (TPSA) is 46.6 Å². The Morgan fingerprint density at radius 3 is 2.10 bits per heavy atom. The van der Waals surface area contributed by atoms with Crippen LogP contribution in [0.2, 0.25) is 0 Å². The van der Waals surface area contributed by atoms with Crippen LogP contribution >= 0.6 is 0 Å². The predicted molar refractivity (Wildman–Crippen MR) is 156 cm³/mol. The van der Waals surface area contributed by atoms with Crippen LogP contribution in [0.4, 0.5) is 14.5 Å². The van der Waals surface area contributed by atoms with Gasteiger partial charge in [0.25, 0.3) is 0 Å². The summed E-state index contributed by atoms with van der Waals surface area (Å²) in [5, 5.41) is 0. The van der Waals surface area contributed by atoms with E-state index in [-0.39, 0.29) is 29.4 Å². The first kappa shape index (κ1) is 30.2. The predicted octanol–water partition coefficient (Wildman–Crippen LogP) is 8.25. The summed E-state index contributed by atoms with van der Waals surface area (Å²) < 4.78 is 31.0. The second kappa shape index (κ2) is 14.7. The third-order valence-electron chi connectivity index (χ3n) is 6.35. The molecule has 1 aliphatic rings. The lowest BCUT2D eigenvalue weighted by molar-refractivity contribution is -0.123. The molecule has 0 N–H and O–H groups in total. The maximum absolute atomic E-state index is 12.8. The lowest BCUT2D eigenvalue weighted by Crippen LogP contribution is -2.51. The third-order valence-corrected chi connectivity index (χ3v) is 6.35. The fraction of sp³-hybridized carbons (Fsp3) is 0.235. The van der Waals surface area contributed by atoms with Crippen molar-refractivity contribution in [2.45, 2.75) is 53.2 Å². The molecule has 208 valence electrons. The van der Waals surface area contributed by atoms with Gasteiger partial charge in [-0.05, 0) is 86.5 Å². The Balaban J connectivity index is 0.000000167. The van der Waals surface area contributed by atoms with Crippen molar-refractivity contribution in [3.8, 4) is 5.75 Å². The molecule has 1 aliphatic heterocycles. The van der Waals surface area contributed by atoms with E-state index in [2.05, 4.69) is 31.2 Å². The number of anilines is 1. The number of rotatable bonds is 6. The molecule has 0 aliphatic carbocycles. The van der Waals surface area contributed by atoms with Crippen LogP contribution in [0.3, 0.4) is 0 Å². The van der Waals surface area contributed by atoms with Crippen molar-refractivity contribution < 1.29 is 23.1 Å². The minimum Gasteiger partial charge on any atom is -0.489 e. The van der Waals surface area contributed by atoms with E-state index in [1.165, 1.54) is 35.4 Å². The van der Waals surface area contributed by atoms with E-state index in [4.69, 9.17) is 4.74 Å². The smallest absolute Gasteiger partial charge is 0.229 e. The summed E-state index contributed by atoms with van der Waals surface area (Å²) in [4.78, 5) is 24.0. The molecule has 1 heterocycles. The van der Waals surface area contributed by atoms with Crippen molar-refractivity contribution in [3.05, 3.63) is 131 Å². The van der Waals surface area contributed by atoms with Crippen molar-refractivity contribution in [3.63, 3.8) is 0 Å². The Morgan fingerprint density at radius 1 is 0.900 bits per heavy atom. The maximum Gasteiger partial charge on any atom is 0.229 e. The number of halogens is 2. The molecule has 0 saturated carbocycles. The highest BCUT2D eigenvalue weighted by molar-refractivity contribution is 6.00. The van der Waals surface area contributed by atoms with Gasteiger partial charge in [-0.2, -0.15) is 0 Å². The van der Waals surface area contributed by atoms with Gasteiger partial charge in [-0.1, -0.05) is 55.0 Å². The molecule has 5 rings (SSSR count). The summed E-state index contributed by atoms with van der Waals surface area (Å²) in [7, 11) is 0. The van der Waals surface area contributed by atoms with Gasteiger partial charge in [0.15, 0.2) is 5.78 Å². The molecule has 1 fully saturated rings. The molecular weight excluding hydrogens is 508 g/mol. The average Bonchev–Trinajstić information content (AvgIpc) is 2.96. The van der Waals surface area contributed by atoms with E-state index in [1.807, 2.05) is 37.3 Å². The highest BCUT2D eigenvalue weighted by Crippen LogP contribution is 2.27. The summed E-state index contributed by atoms with van der Waals surface area (Å²) in [6.07, 6.45) is 1.06. The summed E-state index contributed by atoms with van der Waals surface area (Å²) in [6.45, 7) is 8.12. The molecule has 40 heavy (non-hydrogen) atoms. The summed E-state index contributed by atoms with van der Waals surface area (Å²) in [6, 6.07) is 29.0. The van der Waals surface area contributed by atoms with Gasteiger partial charge in [-0.25, -0.2) is 8.78 Å². The first-order chi connectivity index (χ1) is 19.2. The number of Topliss-reactive ketones (excluding diaryl/α,β-unsaturated/α-hetero) is 1. The second-order valence-corrected chi connectivity index (χ2v) is 9.62. The molecule has 4 aromatic carbocycles. The van der Waals surface area contributed by atoms with Crippen molar-refractivity contribution in [1.29, 1.82) is 0 Å². The van der Waals surface area contributed by atoms with Crippen LogP contribution in [-0.2, 0) is 11.4 Å². The number of carbonyl (C=O) groups is 2. The quantitative estimate of drug-likeness (QED) is 0.182. The monoisotopic (exact) mass is 543 g/mol. The van der Waals surface area contributed by atoms with E-state index < -0.39 is 0 Å². The van der Waals surface area contributed by atoms with Gasteiger partial charge in [0.1, 0.15) is 24.0 Å². The van der Waals surface area contributed by atoms with Gasteiger partial charge in [0.2, 0.25) is 5.91 Å². The molecule has 0 aromatic heterocycles. The molecular formula is C34H35F2NO3. The Kier molecular flexibility index (Phi) is 11.1. The standard InChI is InChI=1S/C14H14O.C10H10FNO.C10H11FO/c1-12-7-9-14(10-8-12)15-11-13-5-3-2-4-6-13;1-7-6-10(13)12(7)9-4-2-8(11)3-5-9;1-3-10(12)8-4-5-9(11)7(2)6-8/h2-10H,11H2,1H3;2-5,7H,6H2,1H3;4-6H,3H2,1-2H3. The summed E-state index contributed by atoms with van der Waals surface area (Å²) >= 11 is 0. The van der Waals surface area contributed by atoms with Gasteiger partial charge >= 0.3 is 0 Å². The average molecular weight is 544 g/mol. The highest BCUT2D eigenvalue weighted by atomic mass is 19.1.